The van der Waals surface area contributed by atoms with E-state index in [1.165, 1.54) is 4.90 Å². The number of hydrogen-bond acceptors (Lipinski definition) is 5. The Labute approximate surface area is 175 Å². The summed E-state index contributed by atoms with van der Waals surface area (Å²) in [4.78, 5) is 40.7. The molecule has 0 radical (unpaired) electrons. The van der Waals surface area contributed by atoms with Crippen molar-refractivity contribution in [2.75, 3.05) is 19.6 Å². The van der Waals surface area contributed by atoms with Crippen LogP contribution >= 0.6 is 23.7 Å². The number of urea groups is 1. The Bertz CT molecular complexity index is 761. The van der Waals surface area contributed by atoms with E-state index in [0.717, 1.165) is 37.9 Å². The van der Waals surface area contributed by atoms with E-state index in [-0.39, 0.29) is 42.2 Å². The third kappa shape index (κ3) is 3.65. The smallest absolute Gasteiger partial charge is 0.325 e. The van der Waals surface area contributed by atoms with Crippen molar-refractivity contribution in [3.05, 3.63) is 22.4 Å². The number of amides is 4. The molecule has 9 heteroatoms. The van der Waals surface area contributed by atoms with Crippen LogP contribution in [0.25, 0.3) is 0 Å². The molecule has 4 rings (SSSR count). The molecular weight excluding hydrogens is 400 g/mol. The molecule has 1 atom stereocenters. The zero-order valence-electron chi connectivity index (χ0n) is 16.2. The van der Waals surface area contributed by atoms with Crippen molar-refractivity contribution in [1.82, 2.24) is 20.4 Å². The van der Waals surface area contributed by atoms with Crippen molar-refractivity contribution in [3.63, 3.8) is 0 Å². The van der Waals surface area contributed by atoms with Crippen LogP contribution in [0.4, 0.5) is 4.79 Å². The molecule has 0 bridgehead atoms. The van der Waals surface area contributed by atoms with Gasteiger partial charge in [-0.15, -0.1) is 12.4 Å². The highest BCUT2D eigenvalue weighted by atomic mass is 35.5. The summed E-state index contributed by atoms with van der Waals surface area (Å²) in [6, 6.07) is 1.77. The molecule has 28 heavy (non-hydrogen) atoms. The van der Waals surface area contributed by atoms with Gasteiger partial charge in [0.1, 0.15) is 12.1 Å². The maximum atomic E-state index is 13.3. The topological polar surface area (TPSA) is 81.8 Å². The minimum absolute atomic E-state index is 0. The van der Waals surface area contributed by atoms with Crippen LogP contribution in [0.1, 0.15) is 38.7 Å². The van der Waals surface area contributed by atoms with Gasteiger partial charge in [-0.1, -0.05) is 0 Å². The quantitative estimate of drug-likeness (QED) is 0.705. The molecule has 1 aromatic heterocycles. The number of nitrogens with zero attached hydrogens (tertiary/aromatic N) is 2. The Morgan fingerprint density at radius 1 is 1.32 bits per heavy atom. The third-order valence-electron chi connectivity index (χ3n) is 6.36. The lowest BCUT2D eigenvalue weighted by Gasteiger charge is -2.33. The van der Waals surface area contributed by atoms with Gasteiger partial charge in [0, 0.05) is 12.6 Å². The van der Waals surface area contributed by atoms with Crippen molar-refractivity contribution in [2.45, 2.75) is 51.2 Å². The van der Waals surface area contributed by atoms with Crippen molar-refractivity contribution in [3.8, 4) is 0 Å². The highest BCUT2D eigenvalue weighted by Gasteiger charge is 2.58. The average Bonchev–Trinajstić information content (AvgIpc) is 2.99. The first-order chi connectivity index (χ1) is 12.8. The summed E-state index contributed by atoms with van der Waals surface area (Å²) in [6.07, 6.45) is 3.19. The van der Waals surface area contributed by atoms with Gasteiger partial charge in [-0.25, -0.2) is 4.79 Å². The van der Waals surface area contributed by atoms with Gasteiger partial charge in [0.25, 0.3) is 5.91 Å². The van der Waals surface area contributed by atoms with Crippen molar-refractivity contribution < 1.29 is 14.4 Å². The Morgan fingerprint density at radius 2 is 2.04 bits per heavy atom. The molecule has 0 aromatic carbocycles. The normalized spacial score (nSPS) is 24.6. The zero-order chi connectivity index (χ0) is 19.2. The van der Waals surface area contributed by atoms with Gasteiger partial charge in [0.05, 0.1) is 0 Å². The van der Waals surface area contributed by atoms with Crippen LogP contribution in [0.15, 0.2) is 16.8 Å². The maximum absolute atomic E-state index is 13.3. The van der Waals surface area contributed by atoms with Crippen LogP contribution < -0.4 is 10.6 Å². The number of thiophene rings is 1. The summed E-state index contributed by atoms with van der Waals surface area (Å²) in [7, 11) is 0. The summed E-state index contributed by atoms with van der Waals surface area (Å²) >= 11 is 1.62. The van der Waals surface area contributed by atoms with Crippen LogP contribution in [-0.4, -0.2) is 58.9 Å². The first-order valence-corrected chi connectivity index (χ1v) is 10.4. The van der Waals surface area contributed by atoms with Crippen LogP contribution in [0.5, 0.6) is 0 Å². The number of halogens is 1. The summed E-state index contributed by atoms with van der Waals surface area (Å²) < 4.78 is 0. The fraction of sp³-hybridized carbons (Fsp3) is 0.632. The van der Waals surface area contributed by atoms with Crippen molar-refractivity contribution in [1.29, 1.82) is 0 Å². The summed E-state index contributed by atoms with van der Waals surface area (Å²) in [5.74, 6) is -0.439. The maximum Gasteiger partial charge on any atom is 0.325 e. The fourth-order valence-electron chi connectivity index (χ4n) is 4.37. The molecular formula is C19H27ClN4O3S. The molecule has 3 fully saturated rings. The number of hydrogen-bond donors (Lipinski definition) is 2. The summed E-state index contributed by atoms with van der Waals surface area (Å²) in [5, 5.41) is 9.79. The molecule has 1 saturated carbocycles. The second kappa shape index (κ2) is 7.65. The zero-order valence-corrected chi connectivity index (χ0v) is 17.8. The van der Waals surface area contributed by atoms with Gasteiger partial charge in [-0.05, 0) is 74.0 Å². The molecule has 7 nitrogen and oxygen atoms in total. The fourth-order valence-corrected chi connectivity index (χ4v) is 5.03. The first-order valence-electron chi connectivity index (χ1n) is 9.48. The van der Waals surface area contributed by atoms with Crippen LogP contribution in [-0.2, 0) is 16.1 Å². The first kappa shape index (κ1) is 21.1. The summed E-state index contributed by atoms with van der Waals surface area (Å²) in [5.41, 5.74) is 0.331. The van der Waals surface area contributed by atoms with Crippen molar-refractivity contribution >= 4 is 41.6 Å². The van der Waals surface area contributed by atoms with Crippen LogP contribution in [0, 0.1) is 5.41 Å². The van der Waals surface area contributed by atoms with E-state index in [1.54, 1.807) is 25.2 Å². The van der Waals surface area contributed by atoms with Gasteiger partial charge < -0.3 is 15.1 Å². The van der Waals surface area contributed by atoms with E-state index in [9.17, 15) is 14.4 Å². The van der Waals surface area contributed by atoms with Crippen LogP contribution in [0.2, 0.25) is 0 Å². The highest BCUT2D eigenvalue weighted by molar-refractivity contribution is 7.07. The van der Waals surface area contributed by atoms with E-state index in [0.29, 0.717) is 6.54 Å². The van der Waals surface area contributed by atoms with Gasteiger partial charge in [-0.3, -0.25) is 14.9 Å². The second-order valence-corrected chi connectivity index (χ2v) is 9.17. The van der Waals surface area contributed by atoms with E-state index in [2.05, 4.69) is 16.0 Å². The Kier molecular flexibility index (Phi) is 5.76. The Morgan fingerprint density at radius 3 is 2.61 bits per heavy atom. The molecule has 2 saturated heterocycles. The lowest BCUT2D eigenvalue weighted by molar-refractivity contribution is -0.135. The molecule has 1 aliphatic carbocycles. The SMILES string of the molecule is CC1(C)C(=O)NC(=O)N1CC(=O)N(Cc1ccsc1)C1CC12CCNCC2.Cl. The number of piperidine rings is 1. The van der Waals surface area contributed by atoms with E-state index in [4.69, 9.17) is 0 Å². The van der Waals surface area contributed by atoms with Gasteiger partial charge in [0.15, 0.2) is 0 Å². The number of carbonyl (C=O) groups is 3. The molecule has 1 unspecified atom stereocenters. The lowest BCUT2D eigenvalue weighted by Crippen LogP contribution is -2.50. The lowest BCUT2D eigenvalue weighted by atomic mass is 9.93. The van der Waals surface area contributed by atoms with Gasteiger partial charge >= 0.3 is 6.03 Å². The van der Waals surface area contributed by atoms with E-state index < -0.39 is 11.6 Å². The van der Waals surface area contributed by atoms with Crippen molar-refractivity contribution in [2.24, 2.45) is 5.41 Å². The predicted octanol–water partition coefficient (Wildman–Crippen LogP) is 1.97. The summed E-state index contributed by atoms with van der Waals surface area (Å²) in [6.45, 7) is 5.83. The standard InChI is InChI=1S/C19H26N4O3S.ClH/c1-18(2)16(25)21-17(26)23(18)11-15(24)22(10-13-3-8-27-12-13)14-9-19(14)4-6-20-7-5-19;/h3,8,12,14,20H,4-7,9-11H2,1-2H3,(H,21,25,26);1H. The van der Waals surface area contributed by atoms with Gasteiger partial charge in [0.2, 0.25) is 5.91 Å². The minimum Gasteiger partial charge on any atom is -0.333 e. The molecule has 3 heterocycles. The molecule has 2 N–H and O–H groups in total. The number of carbonyl (C=O) groups excluding carboxylic acids is 3. The molecule has 154 valence electrons. The number of nitrogens with one attached hydrogen (secondary N) is 2. The Balaban J connectivity index is 0.00000225. The van der Waals surface area contributed by atoms with Crippen LogP contribution in [0.3, 0.4) is 0 Å². The highest BCUT2D eigenvalue weighted by Crippen LogP contribution is 2.56. The minimum atomic E-state index is -1.00. The molecule has 1 spiro atoms. The number of rotatable bonds is 5. The predicted molar refractivity (Wildman–Crippen MR) is 109 cm³/mol. The number of imide groups is 1. The molecule has 2 aliphatic heterocycles. The molecule has 1 aromatic rings. The molecule has 3 aliphatic rings. The van der Waals surface area contributed by atoms with E-state index >= 15 is 0 Å². The van der Waals surface area contributed by atoms with E-state index in [1.807, 2.05) is 16.3 Å². The molecule has 4 amide bonds. The third-order valence-corrected chi connectivity index (χ3v) is 7.10. The second-order valence-electron chi connectivity index (χ2n) is 8.39. The van der Waals surface area contributed by atoms with Gasteiger partial charge in [-0.2, -0.15) is 11.3 Å². The largest absolute Gasteiger partial charge is 0.333 e. The Hall–Kier alpha value is -1.64. The monoisotopic (exact) mass is 426 g/mol. The average molecular weight is 427 g/mol.